The van der Waals surface area contributed by atoms with E-state index in [1.807, 2.05) is 0 Å². The average Bonchev–Trinajstić information content (AvgIpc) is 2.81. The van der Waals surface area contributed by atoms with Crippen LogP contribution >= 0.6 is 23.2 Å². The first-order valence-corrected chi connectivity index (χ1v) is 10.3. The molecule has 0 aliphatic rings. The fourth-order valence-corrected chi connectivity index (χ4v) is 2.81. The van der Waals surface area contributed by atoms with E-state index in [0.29, 0.717) is 33.5 Å². The number of hydrogen-bond donors (Lipinski definition) is 3. The topological polar surface area (TPSA) is 96.5 Å². The van der Waals surface area contributed by atoms with Crippen LogP contribution in [0.25, 0.3) is 0 Å². The Hall–Kier alpha value is -3.55. The number of hydrazine groups is 1. The molecular weight excluding hydrogens is 453 g/mol. The normalized spacial score (nSPS) is 10.2. The summed E-state index contributed by atoms with van der Waals surface area (Å²) in [6.07, 6.45) is 0. The number of carbonyl (C=O) groups is 3. The summed E-state index contributed by atoms with van der Waals surface area (Å²) in [7, 11) is 0. The Labute approximate surface area is 194 Å². The maximum atomic E-state index is 12.2. The van der Waals surface area contributed by atoms with E-state index in [1.165, 1.54) is 0 Å². The van der Waals surface area contributed by atoms with Crippen molar-refractivity contribution < 1.29 is 19.1 Å². The van der Waals surface area contributed by atoms with E-state index in [0.717, 1.165) is 5.56 Å². The molecular formula is C23H19Cl2N3O4. The molecule has 0 atom stereocenters. The standard InChI is InChI=1S/C23H19Cl2N3O4/c24-18-7-5-16(6-8-18)22(30)26-13-21(29)27-28-23(31)17-3-1-15(2-4-17)14-32-20-11-9-19(25)10-12-20/h1-12H,13-14H2,(H,26,30)(H,27,29)(H,28,31). The van der Waals surface area contributed by atoms with E-state index in [-0.39, 0.29) is 6.54 Å². The molecule has 0 saturated carbocycles. The predicted molar refractivity (Wildman–Crippen MR) is 122 cm³/mol. The highest BCUT2D eigenvalue weighted by atomic mass is 35.5. The van der Waals surface area contributed by atoms with Crippen LogP contribution in [0.4, 0.5) is 0 Å². The van der Waals surface area contributed by atoms with E-state index >= 15 is 0 Å². The van der Waals surface area contributed by atoms with Crippen molar-refractivity contribution >= 4 is 40.9 Å². The monoisotopic (exact) mass is 471 g/mol. The molecule has 0 radical (unpaired) electrons. The molecule has 3 rings (SSSR count). The first-order valence-electron chi connectivity index (χ1n) is 9.51. The van der Waals surface area contributed by atoms with Crippen LogP contribution < -0.4 is 20.9 Å². The molecule has 0 bridgehead atoms. The van der Waals surface area contributed by atoms with Crippen molar-refractivity contribution in [2.24, 2.45) is 0 Å². The fourth-order valence-electron chi connectivity index (χ4n) is 2.56. The number of halogens is 2. The molecule has 0 aromatic heterocycles. The summed E-state index contributed by atoms with van der Waals surface area (Å²) < 4.78 is 5.65. The Bertz CT molecular complexity index is 1090. The van der Waals surface area contributed by atoms with Gasteiger partial charge >= 0.3 is 0 Å². The lowest BCUT2D eigenvalue weighted by atomic mass is 10.1. The third kappa shape index (κ3) is 7.01. The van der Waals surface area contributed by atoms with Crippen LogP contribution in [0.5, 0.6) is 5.75 Å². The van der Waals surface area contributed by atoms with E-state index in [4.69, 9.17) is 27.9 Å². The van der Waals surface area contributed by atoms with Crippen LogP contribution in [0, 0.1) is 0 Å². The van der Waals surface area contributed by atoms with Gasteiger partial charge in [0.2, 0.25) is 0 Å². The Kier molecular flexibility index (Phi) is 8.08. The lowest BCUT2D eigenvalue weighted by molar-refractivity contribution is -0.120. The van der Waals surface area contributed by atoms with E-state index in [1.54, 1.807) is 72.8 Å². The van der Waals surface area contributed by atoms with E-state index < -0.39 is 17.7 Å². The van der Waals surface area contributed by atoms with Gasteiger partial charge in [-0.15, -0.1) is 0 Å². The van der Waals surface area contributed by atoms with Crippen LogP contribution in [0.15, 0.2) is 72.8 Å². The lowest BCUT2D eigenvalue weighted by Gasteiger charge is -2.10. The first kappa shape index (κ1) is 23.1. The summed E-state index contributed by atoms with van der Waals surface area (Å²) in [6, 6.07) is 20.0. The molecule has 0 aliphatic carbocycles. The predicted octanol–water partition coefficient (Wildman–Crippen LogP) is 3.76. The minimum absolute atomic E-state index is 0.303. The van der Waals surface area contributed by atoms with Crippen molar-refractivity contribution in [2.45, 2.75) is 6.61 Å². The second-order valence-electron chi connectivity index (χ2n) is 6.63. The van der Waals surface area contributed by atoms with Gasteiger partial charge in [-0.25, -0.2) is 0 Å². The lowest BCUT2D eigenvalue weighted by Crippen LogP contribution is -2.46. The quantitative estimate of drug-likeness (QED) is 0.457. The minimum atomic E-state index is -0.575. The molecule has 9 heteroatoms. The highest BCUT2D eigenvalue weighted by Crippen LogP contribution is 2.17. The largest absolute Gasteiger partial charge is 0.489 e. The van der Waals surface area contributed by atoms with E-state index in [2.05, 4.69) is 16.2 Å². The number of rotatable bonds is 7. The highest BCUT2D eigenvalue weighted by Gasteiger charge is 2.10. The maximum Gasteiger partial charge on any atom is 0.269 e. The molecule has 164 valence electrons. The summed E-state index contributed by atoms with van der Waals surface area (Å²) in [4.78, 5) is 36.0. The van der Waals surface area contributed by atoms with Crippen molar-refractivity contribution in [2.75, 3.05) is 6.54 Å². The van der Waals surface area contributed by atoms with Crippen LogP contribution in [0.1, 0.15) is 26.3 Å². The molecule has 32 heavy (non-hydrogen) atoms. The SMILES string of the molecule is O=C(CNC(=O)c1ccc(Cl)cc1)NNC(=O)c1ccc(COc2ccc(Cl)cc2)cc1. The molecule has 3 aromatic rings. The van der Waals surface area contributed by atoms with Gasteiger partial charge in [-0.2, -0.15) is 0 Å². The van der Waals surface area contributed by atoms with Crippen molar-refractivity contribution in [3.05, 3.63) is 99.5 Å². The van der Waals surface area contributed by atoms with E-state index in [9.17, 15) is 14.4 Å². The number of carbonyl (C=O) groups excluding carboxylic acids is 3. The van der Waals surface area contributed by atoms with Crippen LogP contribution in [0.3, 0.4) is 0 Å². The molecule has 0 spiro atoms. The van der Waals surface area contributed by atoms with Crippen LogP contribution in [-0.4, -0.2) is 24.3 Å². The molecule has 3 amide bonds. The third-order valence-corrected chi connectivity index (χ3v) is 4.77. The van der Waals surface area contributed by atoms with Crippen molar-refractivity contribution in [3.63, 3.8) is 0 Å². The van der Waals surface area contributed by atoms with Crippen LogP contribution in [-0.2, 0) is 11.4 Å². The first-order chi connectivity index (χ1) is 15.4. The Balaban J connectivity index is 1.41. The van der Waals surface area contributed by atoms with Gasteiger partial charge in [-0.1, -0.05) is 35.3 Å². The summed E-state index contributed by atoms with van der Waals surface area (Å²) in [5.41, 5.74) is 6.14. The minimum Gasteiger partial charge on any atom is -0.489 e. The van der Waals surface area contributed by atoms with Crippen molar-refractivity contribution in [1.29, 1.82) is 0 Å². The Morgan fingerprint density at radius 2 is 1.22 bits per heavy atom. The molecule has 0 fully saturated rings. The number of amides is 3. The highest BCUT2D eigenvalue weighted by molar-refractivity contribution is 6.30. The molecule has 0 heterocycles. The molecule has 0 saturated heterocycles. The third-order valence-electron chi connectivity index (χ3n) is 4.27. The van der Waals surface area contributed by atoms with Crippen molar-refractivity contribution in [1.82, 2.24) is 16.2 Å². The van der Waals surface area contributed by atoms with Crippen molar-refractivity contribution in [3.8, 4) is 5.75 Å². The average molecular weight is 472 g/mol. The zero-order valence-corrected chi connectivity index (χ0v) is 18.2. The molecule has 0 aliphatic heterocycles. The Morgan fingerprint density at radius 1 is 0.688 bits per heavy atom. The zero-order valence-electron chi connectivity index (χ0n) is 16.7. The maximum absolute atomic E-state index is 12.2. The number of ether oxygens (including phenoxy) is 1. The molecule has 3 aromatic carbocycles. The summed E-state index contributed by atoms with van der Waals surface area (Å²) in [6.45, 7) is 0.0241. The molecule has 0 unspecified atom stereocenters. The van der Waals surface area contributed by atoms with Gasteiger partial charge in [-0.05, 0) is 66.2 Å². The number of benzene rings is 3. The molecule has 3 N–H and O–H groups in total. The van der Waals surface area contributed by atoms with Gasteiger partial charge < -0.3 is 10.1 Å². The summed E-state index contributed by atoms with van der Waals surface area (Å²) >= 11 is 11.6. The fraction of sp³-hybridized carbons (Fsp3) is 0.0870. The van der Waals surface area contributed by atoms with Crippen LogP contribution in [0.2, 0.25) is 10.0 Å². The van der Waals surface area contributed by atoms with Gasteiger partial charge in [0, 0.05) is 21.2 Å². The summed E-state index contributed by atoms with van der Waals surface area (Å²) in [5, 5.41) is 3.59. The number of nitrogens with one attached hydrogen (secondary N) is 3. The summed E-state index contributed by atoms with van der Waals surface area (Å²) in [5.74, 6) is -0.817. The van der Waals surface area contributed by atoms with Gasteiger partial charge in [0.1, 0.15) is 12.4 Å². The smallest absolute Gasteiger partial charge is 0.269 e. The Morgan fingerprint density at radius 3 is 1.84 bits per heavy atom. The van der Waals surface area contributed by atoms with Gasteiger partial charge in [-0.3, -0.25) is 25.2 Å². The van der Waals surface area contributed by atoms with Gasteiger partial charge in [0.25, 0.3) is 17.7 Å². The second kappa shape index (κ2) is 11.2. The van der Waals surface area contributed by atoms with Gasteiger partial charge in [0.15, 0.2) is 0 Å². The number of hydrogen-bond acceptors (Lipinski definition) is 4. The second-order valence-corrected chi connectivity index (χ2v) is 7.50. The zero-order chi connectivity index (χ0) is 22.9. The molecule has 7 nitrogen and oxygen atoms in total. The van der Waals surface area contributed by atoms with Gasteiger partial charge in [0.05, 0.1) is 6.54 Å².